The van der Waals surface area contributed by atoms with Gasteiger partial charge in [-0.05, 0) is 30.9 Å². The second-order valence-corrected chi connectivity index (χ2v) is 6.00. The Bertz CT molecular complexity index is 619. The zero-order valence-corrected chi connectivity index (χ0v) is 13.3. The van der Waals surface area contributed by atoms with E-state index >= 15 is 0 Å². The molecule has 0 aromatic carbocycles. The van der Waals surface area contributed by atoms with Crippen LogP contribution in [0.15, 0.2) is 12.4 Å². The largest absolute Gasteiger partial charge is 0.450 e. The summed E-state index contributed by atoms with van der Waals surface area (Å²) in [6.07, 6.45) is 4.51. The van der Waals surface area contributed by atoms with Crippen molar-refractivity contribution >= 4 is 12.0 Å². The van der Waals surface area contributed by atoms with Crippen LogP contribution in [0.4, 0.5) is 4.79 Å². The molecule has 2 aliphatic rings. The Morgan fingerprint density at radius 3 is 2.87 bits per heavy atom. The Kier molecular flexibility index (Phi) is 4.47. The molecule has 0 bridgehead atoms. The van der Waals surface area contributed by atoms with Gasteiger partial charge in [0.15, 0.2) is 0 Å². The first kappa shape index (κ1) is 15.7. The number of ether oxygens (including phenoxy) is 1. The van der Waals surface area contributed by atoms with E-state index in [1.165, 1.54) is 0 Å². The fraction of sp³-hybridized carbons (Fsp3) is 0.562. The molecule has 1 atom stereocenters. The second kappa shape index (κ2) is 6.54. The normalized spacial score (nSPS) is 20.3. The third-order valence-corrected chi connectivity index (χ3v) is 4.41. The highest BCUT2D eigenvalue weighted by Gasteiger charge is 2.29. The van der Waals surface area contributed by atoms with Crippen LogP contribution in [0.5, 0.6) is 0 Å². The van der Waals surface area contributed by atoms with Gasteiger partial charge in [-0.1, -0.05) is 0 Å². The van der Waals surface area contributed by atoms with E-state index < -0.39 is 0 Å². The third kappa shape index (κ3) is 3.14. The van der Waals surface area contributed by atoms with E-state index in [9.17, 15) is 9.59 Å². The van der Waals surface area contributed by atoms with Gasteiger partial charge in [-0.3, -0.25) is 9.78 Å². The second-order valence-electron chi connectivity index (χ2n) is 6.00. The Balaban J connectivity index is 1.79. The van der Waals surface area contributed by atoms with Gasteiger partial charge in [0.2, 0.25) is 0 Å². The molecule has 2 aliphatic heterocycles. The molecular formula is C16H22N4O3. The summed E-state index contributed by atoms with van der Waals surface area (Å²) in [5, 5.41) is 0. The number of carbonyl (C=O) groups is 2. The highest BCUT2D eigenvalue weighted by molar-refractivity contribution is 5.96. The number of aromatic nitrogens is 1. The molecule has 2 amide bonds. The highest BCUT2D eigenvalue weighted by atomic mass is 16.6. The van der Waals surface area contributed by atoms with Crippen molar-refractivity contribution in [1.82, 2.24) is 14.8 Å². The van der Waals surface area contributed by atoms with Crippen molar-refractivity contribution in [3.8, 4) is 0 Å². The van der Waals surface area contributed by atoms with Crippen LogP contribution in [0.3, 0.4) is 0 Å². The van der Waals surface area contributed by atoms with E-state index in [4.69, 9.17) is 10.5 Å². The lowest BCUT2D eigenvalue weighted by atomic mass is 9.96. The highest BCUT2D eigenvalue weighted by Crippen LogP contribution is 2.24. The Morgan fingerprint density at radius 1 is 1.35 bits per heavy atom. The number of nitrogens with zero attached hydrogens (tertiary/aromatic N) is 3. The van der Waals surface area contributed by atoms with Crippen LogP contribution in [0.25, 0.3) is 0 Å². The first-order chi connectivity index (χ1) is 11.1. The number of pyridine rings is 1. The lowest BCUT2D eigenvalue weighted by Crippen LogP contribution is -2.38. The van der Waals surface area contributed by atoms with Crippen molar-refractivity contribution in [2.75, 3.05) is 26.2 Å². The molecule has 124 valence electrons. The minimum absolute atomic E-state index is 0.00751. The molecule has 0 spiro atoms. The van der Waals surface area contributed by atoms with E-state index in [0.717, 1.165) is 17.5 Å². The third-order valence-electron chi connectivity index (χ3n) is 4.41. The van der Waals surface area contributed by atoms with E-state index in [0.29, 0.717) is 44.8 Å². The molecule has 3 heterocycles. The molecule has 0 saturated carbocycles. The summed E-state index contributed by atoms with van der Waals surface area (Å²) in [5.41, 5.74) is 8.44. The molecule has 2 N–H and O–H groups in total. The summed E-state index contributed by atoms with van der Waals surface area (Å²) < 4.78 is 5.04. The quantitative estimate of drug-likeness (QED) is 0.870. The average Bonchev–Trinajstić information content (AvgIpc) is 3.00. The predicted octanol–water partition coefficient (Wildman–Crippen LogP) is 0.769. The van der Waals surface area contributed by atoms with Gasteiger partial charge in [0.1, 0.15) is 0 Å². The molecular weight excluding hydrogens is 296 g/mol. The molecule has 1 saturated heterocycles. The van der Waals surface area contributed by atoms with Crippen molar-refractivity contribution < 1.29 is 14.3 Å². The Labute approximate surface area is 135 Å². The SMILES string of the molecule is CCOC(=O)N1CCc2c(cncc2C(=O)N2CCC(N)C2)C1. The predicted molar refractivity (Wildman–Crippen MR) is 83.9 cm³/mol. The minimum atomic E-state index is -0.319. The fourth-order valence-electron chi connectivity index (χ4n) is 3.19. The Hall–Kier alpha value is -2.15. The van der Waals surface area contributed by atoms with Crippen molar-refractivity contribution in [2.24, 2.45) is 5.73 Å². The molecule has 0 radical (unpaired) electrons. The van der Waals surface area contributed by atoms with Crippen molar-refractivity contribution in [3.63, 3.8) is 0 Å². The topological polar surface area (TPSA) is 88.8 Å². The van der Waals surface area contributed by atoms with Gasteiger partial charge < -0.3 is 20.3 Å². The van der Waals surface area contributed by atoms with Crippen molar-refractivity contribution in [1.29, 1.82) is 0 Å². The van der Waals surface area contributed by atoms with Crippen molar-refractivity contribution in [3.05, 3.63) is 29.1 Å². The van der Waals surface area contributed by atoms with Crippen LogP contribution in [-0.4, -0.2) is 59.1 Å². The van der Waals surface area contributed by atoms with Crippen LogP contribution >= 0.6 is 0 Å². The maximum absolute atomic E-state index is 12.7. The average molecular weight is 318 g/mol. The number of hydrogen-bond acceptors (Lipinski definition) is 5. The number of rotatable bonds is 2. The summed E-state index contributed by atoms with van der Waals surface area (Å²) in [4.78, 5) is 32.2. The Morgan fingerprint density at radius 2 is 2.17 bits per heavy atom. The summed E-state index contributed by atoms with van der Waals surface area (Å²) in [6, 6.07) is 0.0609. The van der Waals surface area contributed by atoms with Gasteiger partial charge in [-0.25, -0.2) is 4.79 Å². The fourth-order valence-corrected chi connectivity index (χ4v) is 3.19. The van der Waals surface area contributed by atoms with E-state index in [1.807, 2.05) is 0 Å². The summed E-state index contributed by atoms with van der Waals surface area (Å²) in [5.74, 6) is -0.00751. The summed E-state index contributed by atoms with van der Waals surface area (Å²) >= 11 is 0. The van der Waals surface area contributed by atoms with Crippen LogP contribution in [0, 0.1) is 0 Å². The molecule has 7 nitrogen and oxygen atoms in total. The molecule has 1 aromatic rings. The molecule has 0 aliphatic carbocycles. The number of hydrogen-bond donors (Lipinski definition) is 1. The van der Waals surface area contributed by atoms with Gasteiger partial charge in [-0.2, -0.15) is 0 Å². The van der Waals surface area contributed by atoms with Crippen LogP contribution < -0.4 is 5.73 Å². The van der Waals surface area contributed by atoms with E-state index in [2.05, 4.69) is 4.98 Å². The van der Waals surface area contributed by atoms with Crippen LogP contribution in [0.2, 0.25) is 0 Å². The van der Waals surface area contributed by atoms with Gasteiger partial charge in [0.05, 0.1) is 18.7 Å². The zero-order valence-electron chi connectivity index (χ0n) is 13.3. The molecule has 1 unspecified atom stereocenters. The molecule has 7 heteroatoms. The number of likely N-dealkylation sites (tertiary alicyclic amines) is 1. The summed E-state index contributed by atoms with van der Waals surface area (Å²) in [6.45, 7) is 4.41. The maximum Gasteiger partial charge on any atom is 0.410 e. The van der Waals surface area contributed by atoms with E-state index in [1.54, 1.807) is 29.1 Å². The smallest absolute Gasteiger partial charge is 0.410 e. The maximum atomic E-state index is 12.7. The first-order valence-corrected chi connectivity index (χ1v) is 8.02. The van der Waals surface area contributed by atoms with Gasteiger partial charge in [-0.15, -0.1) is 0 Å². The number of nitrogens with two attached hydrogens (primary N) is 1. The number of carbonyl (C=O) groups excluding carboxylic acids is 2. The minimum Gasteiger partial charge on any atom is -0.450 e. The standard InChI is InChI=1S/C16H22N4O3/c1-2-23-16(22)20-6-4-13-11(9-20)7-18-8-14(13)15(21)19-5-3-12(17)10-19/h7-8,12H,2-6,9-10,17H2,1H3. The zero-order chi connectivity index (χ0) is 16.4. The number of fused-ring (bicyclic) bond motifs is 1. The van der Waals surface area contributed by atoms with Gasteiger partial charge in [0.25, 0.3) is 5.91 Å². The van der Waals surface area contributed by atoms with Crippen LogP contribution in [-0.2, 0) is 17.7 Å². The summed E-state index contributed by atoms with van der Waals surface area (Å²) in [7, 11) is 0. The molecule has 1 aromatic heterocycles. The lowest BCUT2D eigenvalue weighted by molar-refractivity contribution is 0.0788. The van der Waals surface area contributed by atoms with E-state index in [-0.39, 0.29) is 18.0 Å². The van der Waals surface area contributed by atoms with Crippen molar-refractivity contribution in [2.45, 2.75) is 32.4 Å². The van der Waals surface area contributed by atoms with Gasteiger partial charge in [0, 0.05) is 38.1 Å². The molecule has 3 rings (SSSR count). The van der Waals surface area contributed by atoms with Crippen LogP contribution in [0.1, 0.15) is 34.8 Å². The molecule has 1 fully saturated rings. The monoisotopic (exact) mass is 318 g/mol. The lowest BCUT2D eigenvalue weighted by Gasteiger charge is -2.29. The number of amides is 2. The first-order valence-electron chi connectivity index (χ1n) is 8.02. The van der Waals surface area contributed by atoms with Gasteiger partial charge >= 0.3 is 6.09 Å². The molecule has 23 heavy (non-hydrogen) atoms.